The van der Waals surface area contributed by atoms with E-state index in [1.165, 1.54) is 6.08 Å². The first kappa shape index (κ1) is 17.7. The molecule has 0 heterocycles. The molecule has 5 heteroatoms. The lowest BCUT2D eigenvalue weighted by Gasteiger charge is -2.12. The Labute approximate surface area is 147 Å². The third-order valence-corrected chi connectivity index (χ3v) is 3.13. The fourth-order valence-electron chi connectivity index (χ4n) is 1.97. The zero-order chi connectivity index (χ0) is 17.4. The van der Waals surface area contributed by atoms with Crippen LogP contribution in [0.25, 0.3) is 6.08 Å². The average molecular weight is 340 g/mol. The van der Waals surface area contributed by atoms with Gasteiger partial charge in [0.2, 0.25) is 5.91 Å². The van der Waals surface area contributed by atoms with Crippen LogP contribution in [-0.4, -0.2) is 17.1 Å². The number of hydrogen-bond donors (Lipinski definition) is 2. The molecule has 0 atom stereocenters. The predicted octanol–water partition coefficient (Wildman–Crippen LogP) is 4.00. The van der Waals surface area contributed by atoms with Gasteiger partial charge in [-0.05, 0) is 49.8 Å². The van der Waals surface area contributed by atoms with E-state index in [1.54, 1.807) is 6.08 Å². The lowest BCUT2D eigenvalue weighted by molar-refractivity contribution is -0.115. The number of rotatable bonds is 5. The maximum absolute atomic E-state index is 11.9. The molecule has 0 unspecified atom stereocenters. The number of hydrogen-bond acceptors (Lipinski definition) is 3. The topological polar surface area (TPSA) is 50.4 Å². The largest absolute Gasteiger partial charge is 0.491 e. The molecule has 2 aromatic rings. The summed E-state index contributed by atoms with van der Waals surface area (Å²) in [6.45, 7) is 3.92. The van der Waals surface area contributed by atoms with E-state index in [9.17, 15) is 4.79 Å². The van der Waals surface area contributed by atoms with Crippen molar-refractivity contribution in [1.82, 2.24) is 5.32 Å². The minimum absolute atomic E-state index is 0.0926. The first-order chi connectivity index (χ1) is 11.5. The molecule has 0 spiro atoms. The summed E-state index contributed by atoms with van der Waals surface area (Å²) >= 11 is 5.16. The summed E-state index contributed by atoms with van der Waals surface area (Å²) in [6.07, 6.45) is 3.27. The smallest absolute Gasteiger partial charge is 0.250 e. The van der Waals surface area contributed by atoms with E-state index in [-0.39, 0.29) is 17.1 Å². The summed E-state index contributed by atoms with van der Waals surface area (Å²) < 4.78 is 5.62. The second-order valence-corrected chi connectivity index (χ2v) is 5.79. The highest BCUT2D eigenvalue weighted by Crippen LogP contribution is 2.18. The molecule has 4 nitrogen and oxygen atoms in total. The van der Waals surface area contributed by atoms with Crippen LogP contribution in [0.15, 0.2) is 60.7 Å². The van der Waals surface area contributed by atoms with Gasteiger partial charge in [-0.15, -0.1) is 0 Å². The van der Waals surface area contributed by atoms with Crippen LogP contribution in [0.5, 0.6) is 5.75 Å². The van der Waals surface area contributed by atoms with Gasteiger partial charge >= 0.3 is 0 Å². The highest BCUT2D eigenvalue weighted by molar-refractivity contribution is 7.80. The molecule has 0 bridgehead atoms. The van der Waals surface area contributed by atoms with E-state index in [2.05, 4.69) is 10.6 Å². The van der Waals surface area contributed by atoms with Crippen molar-refractivity contribution in [2.45, 2.75) is 20.0 Å². The molecule has 0 radical (unpaired) electrons. The average Bonchev–Trinajstić information content (AvgIpc) is 2.53. The molecular formula is C19H20N2O2S. The van der Waals surface area contributed by atoms with Crippen LogP contribution >= 0.6 is 12.2 Å². The number of carbonyl (C=O) groups excluding carboxylic acids is 1. The van der Waals surface area contributed by atoms with Crippen LogP contribution in [0.2, 0.25) is 0 Å². The molecule has 2 aromatic carbocycles. The van der Waals surface area contributed by atoms with Crippen molar-refractivity contribution in [2.24, 2.45) is 0 Å². The molecular weight excluding hydrogens is 320 g/mol. The second kappa shape index (κ2) is 8.84. The van der Waals surface area contributed by atoms with Gasteiger partial charge in [-0.3, -0.25) is 10.1 Å². The predicted molar refractivity (Wildman–Crippen MR) is 102 cm³/mol. The van der Waals surface area contributed by atoms with Gasteiger partial charge in [-0.1, -0.05) is 36.4 Å². The molecule has 0 saturated carbocycles. The van der Waals surface area contributed by atoms with Crippen molar-refractivity contribution in [3.8, 4) is 5.75 Å². The van der Waals surface area contributed by atoms with Gasteiger partial charge in [-0.25, -0.2) is 0 Å². The lowest BCUT2D eigenvalue weighted by atomic mass is 10.2. The van der Waals surface area contributed by atoms with Gasteiger partial charge in [0.05, 0.1) is 6.10 Å². The Morgan fingerprint density at radius 1 is 1.12 bits per heavy atom. The number of carbonyl (C=O) groups is 1. The summed E-state index contributed by atoms with van der Waals surface area (Å²) in [5.74, 6) is 0.457. The summed E-state index contributed by atoms with van der Waals surface area (Å²) in [7, 11) is 0. The quantitative estimate of drug-likeness (QED) is 0.638. The van der Waals surface area contributed by atoms with E-state index in [4.69, 9.17) is 17.0 Å². The zero-order valence-electron chi connectivity index (χ0n) is 13.7. The Morgan fingerprint density at radius 2 is 1.88 bits per heavy atom. The number of ether oxygens (including phenoxy) is 1. The number of amides is 1. The van der Waals surface area contributed by atoms with Gasteiger partial charge in [0.15, 0.2) is 5.11 Å². The van der Waals surface area contributed by atoms with E-state index >= 15 is 0 Å². The van der Waals surface area contributed by atoms with Crippen LogP contribution in [-0.2, 0) is 4.79 Å². The standard InChI is InChI=1S/C19H20N2O2S/c1-14(2)23-17-10-6-9-16(13-17)20-19(24)21-18(22)12-11-15-7-4-3-5-8-15/h3-14H,1-2H3,(H2,20,21,22,24)/b12-11+. The maximum atomic E-state index is 11.9. The van der Waals surface area contributed by atoms with Gasteiger partial charge in [0, 0.05) is 17.8 Å². The summed E-state index contributed by atoms with van der Waals surface area (Å²) in [5.41, 5.74) is 1.70. The van der Waals surface area contributed by atoms with Crippen molar-refractivity contribution < 1.29 is 9.53 Å². The monoisotopic (exact) mass is 340 g/mol. The number of anilines is 1. The minimum atomic E-state index is -0.286. The molecule has 0 aromatic heterocycles. The third-order valence-electron chi connectivity index (χ3n) is 2.93. The fourth-order valence-corrected chi connectivity index (χ4v) is 2.19. The number of benzene rings is 2. The van der Waals surface area contributed by atoms with Gasteiger partial charge in [0.25, 0.3) is 0 Å². The highest BCUT2D eigenvalue weighted by atomic mass is 32.1. The SMILES string of the molecule is CC(C)Oc1cccc(NC(=S)NC(=O)/C=C/c2ccccc2)c1. The molecule has 1 amide bonds. The molecule has 0 fully saturated rings. The molecule has 24 heavy (non-hydrogen) atoms. The Hall–Kier alpha value is -2.66. The molecule has 2 N–H and O–H groups in total. The Kier molecular flexibility index (Phi) is 6.51. The zero-order valence-corrected chi connectivity index (χ0v) is 14.5. The first-order valence-electron chi connectivity index (χ1n) is 7.65. The van der Waals surface area contributed by atoms with Gasteiger partial charge < -0.3 is 10.1 Å². The van der Waals surface area contributed by atoms with Crippen LogP contribution in [0.4, 0.5) is 5.69 Å². The van der Waals surface area contributed by atoms with Crippen LogP contribution in [0.1, 0.15) is 19.4 Å². The fraction of sp³-hybridized carbons (Fsp3) is 0.158. The highest BCUT2D eigenvalue weighted by Gasteiger charge is 2.03. The second-order valence-electron chi connectivity index (χ2n) is 5.38. The van der Waals surface area contributed by atoms with Crippen molar-refractivity contribution in [3.63, 3.8) is 0 Å². The molecule has 0 aliphatic carbocycles. The lowest BCUT2D eigenvalue weighted by Crippen LogP contribution is -2.32. The normalized spacial score (nSPS) is 10.6. The van der Waals surface area contributed by atoms with Gasteiger partial charge in [-0.2, -0.15) is 0 Å². The van der Waals surface area contributed by atoms with Crippen molar-refractivity contribution in [3.05, 3.63) is 66.2 Å². The summed E-state index contributed by atoms with van der Waals surface area (Å²) in [4.78, 5) is 11.9. The van der Waals surface area contributed by atoms with Crippen LogP contribution < -0.4 is 15.4 Å². The molecule has 0 aliphatic rings. The maximum Gasteiger partial charge on any atom is 0.250 e. The molecule has 0 aliphatic heterocycles. The minimum Gasteiger partial charge on any atom is -0.491 e. The number of thiocarbonyl (C=S) groups is 1. The Morgan fingerprint density at radius 3 is 2.58 bits per heavy atom. The van der Waals surface area contributed by atoms with E-state index in [1.807, 2.05) is 68.4 Å². The van der Waals surface area contributed by atoms with E-state index in [0.29, 0.717) is 0 Å². The number of nitrogens with one attached hydrogen (secondary N) is 2. The molecule has 0 saturated heterocycles. The summed E-state index contributed by atoms with van der Waals surface area (Å²) in [6, 6.07) is 17.0. The van der Waals surface area contributed by atoms with Crippen molar-refractivity contribution >= 4 is 35.0 Å². The van der Waals surface area contributed by atoms with Crippen LogP contribution in [0.3, 0.4) is 0 Å². The molecule has 2 rings (SSSR count). The van der Waals surface area contributed by atoms with E-state index < -0.39 is 0 Å². The Bertz CT molecular complexity index is 727. The summed E-state index contributed by atoms with van der Waals surface area (Å²) in [5, 5.41) is 5.82. The van der Waals surface area contributed by atoms with Gasteiger partial charge in [0.1, 0.15) is 5.75 Å². The van der Waals surface area contributed by atoms with Crippen molar-refractivity contribution in [1.29, 1.82) is 0 Å². The van der Waals surface area contributed by atoms with E-state index in [0.717, 1.165) is 17.0 Å². The Balaban J connectivity index is 1.88. The van der Waals surface area contributed by atoms with Crippen molar-refractivity contribution in [2.75, 3.05) is 5.32 Å². The molecule has 124 valence electrons. The van der Waals surface area contributed by atoms with Crippen LogP contribution in [0, 0.1) is 0 Å². The first-order valence-corrected chi connectivity index (χ1v) is 8.05. The third kappa shape index (κ3) is 6.22.